The molecule has 1 aliphatic carbocycles. The van der Waals surface area contributed by atoms with Crippen LogP contribution in [0.5, 0.6) is 17.2 Å². The summed E-state index contributed by atoms with van der Waals surface area (Å²) in [4.78, 5) is 40.6. The van der Waals surface area contributed by atoms with Gasteiger partial charge in [0.25, 0.3) is 5.91 Å². The van der Waals surface area contributed by atoms with Crippen molar-refractivity contribution in [1.29, 1.82) is 0 Å². The van der Waals surface area contributed by atoms with E-state index in [1.807, 2.05) is 31.2 Å². The summed E-state index contributed by atoms with van der Waals surface area (Å²) in [5.74, 6) is 1.06. The molecule has 0 spiro atoms. The molecule has 0 saturated carbocycles. The van der Waals surface area contributed by atoms with Gasteiger partial charge in [-0.15, -0.1) is 21.5 Å². The number of thiophene rings is 1. The Bertz CT molecular complexity index is 1730. The van der Waals surface area contributed by atoms with Gasteiger partial charge in [-0.3, -0.25) is 14.2 Å². The van der Waals surface area contributed by atoms with Crippen molar-refractivity contribution in [3.8, 4) is 22.9 Å². The lowest BCUT2D eigenvalue weighted by Gasteiger charge is -2.15. The van der Waals surface area contributed by atoms with Crippen LogP contribution >= 0.6 is 23.1 Å². The van der Waals surface area contributed by atoms with E-state index in [9.17, 15) is 14.4 Å². The van der Waals surface area contributed by atoms with Crippen LogP contribution in [0, 0.1) is 0 Å². The van der Waals surface area contributed by atoms with E-state index < -0.39 is 11.2 Å². The summed E-state index contributed by atoms with van der Waals surface area (Å²) in [6.45, 7) is 6.26. The van der Waals surface area contributed by atoms with E-state index in [0.717, 1.165) is 35.4 Å². The summed E-state index contributed by atoms with van der Waals surface area (Å²) in [6, 6.07) is 12.3. The molecule has 2 amide bonds. The Hall–Kier alpha value is -4.56. The summed E-state index contributed by atoms with van der Waals surface area (Å²) >= 11 is 2.65. The topological polar surface area (TPSA) is 143 Å². The minimum absolute atomic E-state index is 0.0450. The molecule has 14 heteroatoms. The van der Waals surface area contributed by atoms with Gasteiger partial charge in [0, 0.05) is 22.2 Å². The molecule has 0 radical (unpaired) electrons. The number of rotatable bonds is 14. The second kappa shape index (κ2) is 15.4. The van der Waals surface area contributed by atoms with E-state index in [-0.39, 0.29) is 25.0 Å². The van der Waals surface area contributed by atoms with Crippen molar-refractivity contribution < 1.29 is 33.3 Å². The van der Waals surface area contributed by atoms with Gasteiger partial charge in [0.2, 0.25) is 5.91 Å². The third kappa shape index (κ3) is 7.71. The van der Waals surface area contributed by atoms with Crippen LogP contribution in [0.15, 0.2) is 47.6 Å². The van der Waals surface area contributed by atoms with E-state index >= 15 is 0 Å². The van der Waals surface area contributed by atoms with Crippen LogP contribution in [0.25, 0.3) is 5.69 Å². The Kier molecular flexibility index (Phi) is 11.0. The third-order valence-electron chi connectivity index (χ3n) is 7.42. The molecule has 0 unspecified atom stereocenters. The van der Waals surface area contributed by atoms with Crippen LogP contribution in [0.2, 0.25) is 0 Å². The van der Waals surface area contributed by atoms with Crippen molar-refractivity contribution in [3.05, 3.63) is 69.9 Å². The zero-order chi connectivity index (χ0) is 33.5. The molecule has 248 valence electrons. The third-order valence-corrected chi connectivity index (χ3v) is 9.67. The molecule has 1 atom stereocenters. The fourth-order valence-electron chi connectivity index (χ4n) is 5.15. The van der Waals surface area contributed by atoms with Gasteiger partial charge in [0.1, 0.15) is 22.2 Å². The van der Waals surface area contributed by atoms with Gasteiger partial charge in [-0.25, -0.2) is 4.79 Å². The first kappa shape index (κ1) is 33.8. The molecule has 47 heavy (non-hydrogen) atoms. The van der Waals surface area contributed by atoms with E-state index in [1.165, 1.54) is 37.3 Å². The first-order valence-corrected chi connectivity index (χ1v) is 16.9. The van der Waals surface area contributed by atoms with Crippen LogP contribution in [0.1, 0.15) is 64.2 Å². The van der Waals surface area contributed by atoms with Crippen molar-refractivity contribution in [3.63, 3.8) is 0 Å². The Morgan fingerprint density at radius 1 is 0.979 bits per heavy atom. The van der Waals surface area contributed by atoms with E-state index in [2.05, 4.69) is 20.8 Å². The molecule has 2 heterocycles. The second-order valence-electron chi connectivity index (χ2n) is 10.5. The number of aryl methyl sites for hydroxylation is 1. The first-order chi connectivity index (χ1) is 22.8. The summed E-state index contributed by atoms with van der Waals surface area (Å²) in [7, 11) is 3.03. The average molecular weight is 680 g/mol. The number of carbonyl (C=O) groups excluding carboxylic acids is 3. The summed E-state index contributed by atoms with van der Waals surface area (Å²) in [6.07, 6.45) is 2.64. The molecule has 1 aliphatic rings. The number of hydrogen-bond acceptors (Lipinski definition) is 11. The Morgan fingerprint density at radius 3 is 2.36 bits per heavy atom. The van der Waals surface area contributed by atoms with Crippen LogP contribution in [-0.2, 0) is 28.9 Å². The lowest BCUT2D eigenvalue weighted by atomic mass is 10.1. The second-order valence-corrected chi connectivity index (χ2v) is 12.9. The Balaban J connectivity index is 1.38. The van der Waals surface area contributed by atoms with Crippen LogP contribution in [-0.4, -0.2) is 65.2 Å². The normalized spacial score (nSPS) is 12.6. The van der Waals surface area contributed by atoms with Gasteiger partial charge in [-0.2, -0.15) is 0 Å². The molecular weight excluding hydrogens is 643 g/mol. The molecule has 2 N–H and O–H groups in total. The quantitative estimate of drug-likeness (QED) is 0.130. The molecule has 2 aromatic heterocycles. The predicted octanol–water partition coefficient (Wildman–Crippen LogP) is 5.46. The van der Waals surface area contributed by atoms with Crippen LogP contribution in [0.3, 0.4) is 0 Å². The average Bonchev–Trinajstić information content (AvgIpc) is 3.78. The number of thioether (sulfide) groups is 1. The molecule has 12 nitrogen and oxygen atoms in total. The van der Waals surface area contributed by atoms with Crippen LogP contribution in [0.4, 0.5) is 5.00 Å². The number of amides is 2. The molecule has 0 bridgehead atoms. The zero-order valence-electron chi connectivity index (χ0n) is 26.9. The highest BCUT2D eigenvalue weighted by molar-refractivity contribution is 8.00. The lowest BCUT2D eigenvalue weighted by Crippen LogP contribution is -2.25. The number of nitrogens with one attached hydrogen (secondary N) is 2. The fourth-order valence-corrected chi connectivity index (χ4v) is 7.31. The van der Waals surface area contributed by atoms with E-state index in [4.69, 9.17) is 18.9 Å². The lowest BCUT2D eigenvalue weighted by molar-refractivity contribution is -0.115. The summed E-state index contributed by atoms with van der Waals surface area (Å²) < 4.78 is 23.3. The molecule has 5 rings (SSSR count). The van der Waals surface area contributed by atoms with Crippen molar-refractivity contribution in [2.75, 3.05) is 32.8 Å². The zero-order valence-corrected chi connectivity index (χ0v) is 28.5. The number of methoxy groups -OCH3 is 2. The molecule has 4 aromatic rings. The standard InChI is InChI=1S/C33H37N5O7S2/c1-6-44-22-13-11-21(12-14-22)38-27(18-34-30(40)20-15-23(42-4)17-24(16-20)43-5)36-37-33(38)46-19(3)29(39)35-31-28(32(41)45-7-2)25-9-8-10-26(25)47-31/h11-17,19H,6-10,18H2,1-5H3,(H,34,40)(H,35,39)/t19-/m0/s1. The number of esters is 1. The van der Waals surface area contributed by atoms with E-state index in [1.54, 1.807) is 36.6 Å². The fraction of sp³-hybridized carbons (Fsp3) is 0.364. The van der Waals surface area contributed by atoms with Gasteiger partial charge in [0.15, 0.2) is 11.0 Å². The van der Waals surface area contributed by atoms with Gasteiger partial charge >= 0.3 is 5.97 Å². The molecular formula is C33H37N5O7S2. The maximum absolute atomic E-state index is 13.5. The first-order valence-electron chi connectivity index (χ1n) is 15.2. The van der Waals surface area contributed by atoms with Gasteiger partial charge in [-0.1, -0.05) is 11.8 Å². The summed E-state index contributed by atoms with van der Waals surface area (Å²) in [5, 5.41) is 15.0. The maximum atomic E-state index is 13.5. The van der Waals surface area contributed by atoms with Gasteiger partial charge in [-0.05, 0) is 82.0 Å². The van der Waals surface area contributed by atoms with Crippen molar-refractivity contribution in [1.82, 2.24) is 20.1 Å². The van der Waals surface area contributed by atoms with Gasteiger partial charge < -0.3 is 29.6 Å². The number of aromatic nitrogens is 3. The molecule has 0 aliphatic heterocycles. The number of fused-ring (bicyclic) bond motifs is 1. The number of carbonyl (C=O) groups is 3. The molecule has 2 aromatic carbocycles. The maximum Gasteiger partial charge on any atom is 0.341 e. The highest BCUT2D eigenvalue weighted by Crippen LogP contribution is 2.40. The number of ether oxygens (including phenoxy) is 4. The monoisotopic (exact) mass is 679 g/mol. The smallest absolute Gasteiger partial charge is 0.341 e. The SMILES string of the molecule is CCOC(=O)c1c(NC(=O)[C@H](C)Sc2nnc(CNC(=O)c3cc(OC)cc(OC)c3)n2-c2ccc(OCC)cc2)sc2c1CCC2. The van der Waals surface area contributed by atoms with Gasteiger partial charge in [0.05, 0.1) is 44.8 Å². The molecule has 0 fully saturated rings. The van der Waals surface area contributed by atoms with Crippen LogP contribution < -0.4 is 24.8 Å². The highest BCUT2D eigenvalue weighted by Gasteiger charge is 2.30. The van der Waals surface area contributed by atoms with Crippen molar-refractivity contribution in [2.24, 2.45) is 0 Å². The minimum Gasteiger partial charge on any atom is -0.497 e. The number of benzene rings is 2. The predicted molar refractivity (Wildman–Crippen MR) is 179 cm³/mol. The molecule has 0 saturated heterocycles. The number of anilines is 1. The summed E-state index contributed by atoms with van der Waals surface area (Å²) in [5.41, 5.74) is 2.51. The van der Waals surface area contributed by atoms with Crippen molar-refractivity contribution >= 4 is 45.9 Å². The Morgan fingerprint density at radius 2 is 1.70 bits per heavy atom. The Labute approximate surface area is 281 Å². The van der Waals surface area contributed by atoms with Crippen molar-refractivity contribution in [2.45, 2.75) is 57.0 Å². The largest absolute Gasteiger partial charge is 0.497 e. The number of hydrogen-bond donors (Lipinski definition) is 2. The highest BCUT2D eigenvalue weighted by atomic mass is 32.2. The number of nitrogens with zero attached hydrogens (tertiary/aromatic N) is 3. The minimum atomic E-state index is -0.612. The van der Waals surface area contributed by atoms with E-state index in [0.29, 0.717) is 51.0 Å².